The van der Waals surface area contributed by atoms with Gasteiger partial charge in [-0.2, -0.15) is 5.10 Å². The molecule has 1 aromatic heterocycles. The summed E-state index contributed by atoms with van der Waals surface area (Å²) in [5.74, 6) is 0.725. The zero-order chi connectivity index (χ0) is 13.9. The lowest BCUT2D eigenvalue weighted by Gasteiger charge is -2.44. The zero-order valence-electron chi connectivity index (χ0n) is 12.6. The Morgan fingerprint density at radius 2 is 2.42 bits per heavy atom. The molecule has 0 radical (unpaired) electrons. The highest BCUT2D eigenvalue weighted by Gasteiger charge is 2.43. The Labute approximate surface area is 116 Å². The van der Waals surface area contributed by atoms with Crippen molar-refractivity contribution in [2.24, 2.45) is 5.92 Å². The first kappa shape index (κ1) is 14.5. The minimum absolute atomic E-state index is 0.0978. The van der Waals surface area contributed by atoms with Crippen LogP contribution in [0.15, 0.2) is 12.3 Å². The van der Waals surface area contributed by atoms with Gasteiger partial charge >= 0.3 is 0 Å². The highest BCUT2D eigenvalue weighted by Crippen LogP contribution is 2.43. The second-order valence-electron chi connectivity index (χ2n) is 5.76. The van der Waals surface area contributed by atoms with Crippen LogP contribution in [0.4, 0.5) is 0 Å². The van der Waals surface area contributed by atoms with Crippen molar-refractivity contribution >= 4 is 0 Å². The van der Waals surface area contributed by atoms with Crippen molar-refractivity contribution in [3.05, 3.63) is 18.0 Å². The molecule has 0 amide bonds. The highest BCUT2D eigenvalue weighted by molar-refractivity contribution is 5.14. The fraction of sp³-hybridized carbons (Fsp3) is 0.800. The fourth-order valence-corrected chi connectivity index (χ4v) is 3.64. The van der Waals surface area contributed by atoms with Crippen molar-refractivity contribution in [3.63, 3.8) is 0 Å². The van der Waals surface area contributed by atoms with E-state index in [0.717, 1.165) is 25.3 Å². The topological polar surface area (TPSA) is 39.1 Å². The molecule has 4 nitrogen and oxygen atoms in total. The van der Waals surface area contributed by atoms with Gasteiger partial charge in [0.2, 0.25) is 0 Å². The van der Waals surface area contributed by atoms with Crippen LogP contribution in [0.3, 0.4) is 0 Å². The van der Waals surface area contributed by atoms with Crippen LogP contribution in [0.2, 0.25) is 0 Å². The van der Waals surface area contributed by atoms with Crippen LogP contribution in [0.5, 0.6) is 0 Å². The number of nitrogens with one attached hydrogen (secondary N) is 1. The maximum absolute atomic E-state index is 6.02. The molecule has 0 spiro atoms. The highest BCUT2D eigenvalue weighted by atomic mass is 16.5. The molecule has 4 heteroatoms. The van der Waals surface area contributed by atoms with Crippen molar-refractivity contribution in [3.8, 4) is 0 Å². The maximum Gasteiger partial charge on any atom is 0.0890 e. The molecule has 19 heavy (non-hydrogen) atoms. The lowest BCUT2D eigenvalue weighted by Crippen LogP contribution is -2.48. The minimum atomic E-state index is -0.0978. The summed E-state index contributed by atoms with van der Waals surface area (Å²) in [5, 5.41) is 7.88. The average Bonchev–Trinajstić information content (AvgIpc) is 2.87. The van der Waals surface area contributed by atoms with Gasteiger partial charge in [-0.15, -0.1) is 0 Å². The summed E-state index contributed by atoms with van der Waals surface area (Å²) in [6, 6.07) is 2.33. The van der Waals surface area contributed by atoms with Gasteiger partial charge in [0.05, 0.1) is 17.3 Å². The Bertz CT molecular complexity index is 404. The molecule has 1 saturated carbocycles. The molecular weight excluding hydrogens is 238 g/mol. The van der Waals surface area contributed by atoms with Gasteiger partial charge in [0.25, 0.3) is 0 Å². The third-order valence-corrected chi connectivity index (χ3v) is 4.56. The van der Waals surface area contributed by atoms with Crippen LogP contribution in [0, 0.1) is 5.92 Å². The summed E-state index contributed by atoms with van der Waals surface area (Å²) in [6.07, 6.45) is 6.68. The number of nitrogens with zero attached hydrogens (tertiary/aromatic N) is 2. The SMILES string of the molecule is CCn1nccc1C(NC)C1(OC)CCCC(C)C1. The molecule has 0 aromatic carbocycles. The van der Waals surface area contributed by atoms with Gasteiger partial charge in [0.1, 0.15) is 0 Å². The number of hydrogen-bond acceptors (Lipinski definition) is 3. The quantitative estimate of drug-likeness (QED) is 0.889. The lowest BCUT2D eigenvalue weighted by atomic mass is 9.73. The molecule has 1 aliphatic carbocycles. The van der Waals surface area contributed by atoms with Gasteiger partial charge < -0.3 is 10.1 Å². The Balaban J connectivity index is 2.33. The first-order chi connectivity index (χ1) is 9.16. The van der Waals surface area contributed by atoms with Crippen LogP contribution in [0.25, 0.3) is 0 Å². The van der Waals surface area contributed by atoms with Gasteiger partial charge in [0.15, 0.2) is 0 Å². The standard InChI is InChI=1S/C15H27N3O/c1-5-18-13(8-10-17-18)14(16-3)15(19-4)9-6-7-12(2)11-15/h8,10,12,14,16H,5-7,9,11H2,1-4H3. The summed E-state index contributed by atoms with van der Waals surface area (Å²) in [5.41, 5.74) is 1.14. The number of aryl methyl sites for hydroxylation is 1. The normalized spacial score (nSPS) is 29.4. The molecule has 1 heterocycles. The molecule has 3 unspecified atom stereocenters. The van der Waals surface area contributed by atoms with Crippen molar-refractivity contribution in [2.45, 2.75) is 57.7 Å². The molecule has 0 bridgehead atoms. The van der Waals surface area contributed by atoms with E-state index in [4.69, 9.17) is 4.74 Å². The van der Waals surface area contributed by atoms with Crippen LogP contribution in [-0.2, 0) is 11.3 Å². The molecule has 0 aliphatic heterocycles. The largest absolute Gasteiger partial charge is 0.376 e. The predicted molar refractivity (Wildman–Crippen MR) is 77.1 cm³/mol. The van der Waals surface area contributed by atoms with Crippen molar-refractivity contribution < 1.29 is 4.74 Å². The molecule has 0 saturated heterocycles. The second kappa shape index (κ2) is 6.06. The van der Waals surface area contributed by atoms with Gasteiger partial charge in [0, 0.05) is 19.9 Å². The third-order valence-electron chi connectivity index (χ3n) is 4.56. The lowest BCUT2D eigenvalue weighted by molar-refractivity contribution is -0.0807. The first-order valence-corrected chi connectivity index (χ1v) is 7.41. The zero-order valence-corrected chi connectivity index (χ0v) is 12.6. The van der Waals surface area contributed by atoms with E-state index in [9.17, 15) is 0 Å². The smallest absolute Gasteiger partial charge is 0.0890 e. The number of methoxy groups -OCH3 is 1. The Morgan fingerprint density at radius 1 is 1.63 bits per heavy atom. The first-order valence-electron chi connectivity index (χ1n) is 7.41. The van der Waals surface area contributed by atoms with E-state index < -0.39 is 0 Å². The molecule has 2 rings (SSSR count). The summed E-state index contributed by atoms with van der Waals surface area (Å²) in [6.45, 7) is 5.36. The number of ether oxygens (including phenoxy) is 1. The molecule has 1 N–H and O–H groups in total. The van der Waals surface area contributed by atoms with Crippen LogP contribution in [0.1, 0.15) is 51.3 Å². The number of likely N-dealkylation sites (N-methyl/N-ethyl adjacent to an activating group) is 1. The van der Waals surface area contributed by atoms with E-state index >= 15 is 0 Å². The van der Waals surface area contributed by atoms with E-state index in [-0.39, 0.29) is 11.6 Å². The second-order valence-corrected chi connectivity index (χ2v) is 5.76. The van der Waals surface area contributed by atoms with Crippen molar-refractivity contribution in [1.29, 1.82) is 0 Å². The van der Waals surface area contributed by atoms with Crippen molar-refractivity contribution in [2.75, 3.05) is 14.2 Å². The fourth-order valence-electron chi connectivity index (χ4n) is 3.64. The van der Waals surface area contributed by atoms with E-state index in [2.05, 4.69) is 35.0 Å². The molecule has 1 aromatic rings. The Hall–Kier alpha value is -0.870. The van der Waals surface area contributed by atoms with Crippen LogP contribution < -0.4 is 5.32 Å². The number of aromatic nitrogens is 2. The summed E-state index contributed by atoms with van der Waals surface area (Å²) in [4.78, 5) is 0. The Morgan fingerprint density at radius 3 is 3.00 bits per heavy atom. The average molecular weight is 265 g/mol. The van der Waals surface area contributed by atoms with Crippen molar-refractivity contribution in [1.82, 2.24) is 15.1 Å². The van der Waals surface area contributed by atoms with Gasteiger partial charge in [-0.05, 0) is 38.8 Å². The third kappa shape index (κ3) is 2.70. The monoisotopic (exact) mass is 265 g/mol. The van der Waals surface area contributed by atoms with Crippen LogP contribution in [-0.4, -0.2) is 29.5 Å². The molecule has 108 valence electrons. The summed E-state index contributed by atoms with van der Waals surface area (Å²) < 4.78 is 8.09. The Kier molecular flexibility index (Phi) is 4.63. The molecular formula is C15H27N3O. The molecule has 1 aliphatic rings. The van der Waals surface area contributed by atoms with Gasteiger partial charge in [-0.25, -0.2) is 0 Å². The maximum atomic E-state index is 6.02. The van der Waals surface area contributed by atoms with E-state index in [1.165, 1.54) is 18.5 Å². The number of hydrogen-bond donors (Lipinski definition) is 1. The van der Waals surface area contributed by atoms with Gasteiger partial charge in [-0.3, -0.25) is 4.68 Å². The predicted octanol–water partition coefficient (Wildman–Crippen LogP) is 2.76. The van der Waals surface area contributed by atoms with E-state index in [1.54, 1.807) is 0 Å². The molecule has 3 atom stereocenters. The minimum Gasteiger partial charge on any atom is -0.376 e. The van der Waals surface area contributed by atoms with Crippen LogP contribution >= 0.6 is 0 Å². The van der Waals surface area contributed by atoms with E-state index in [1.807, 2.05) is 20.4 Å². The molecule has 1 fully saturated rings. The number of rotatable bonds is 5. The summed E-state index contributed by atoms with van der Waals surface area (Å²) >= 11 is 0. The van der Waals surface area contributed by atoms with Gasteiger partial charge in [-0.1, -0.05) is 19.8 Å². The summed E-state index contributed by atoms with van der Waals surface area (Å²) in [7, 11) is 3.88. The van der Waals surface area contributed by atoms with E-state index in [0.29, 0.717) is 0 Å².